The Hall–Kier alpha value is -4.33. The molecule has 0 aliphatic rings. The predicted molar refractivity (Wildman–Crippen MR) is 124 cm³/mol. The number of hydrogen-bond donors (Lipinski definition) is 1. The Kier molecular flexibility index (Phi) is 7.64. The summed E-state index contributed by atoms with van der Waals surface area (Å²) in [4.78, 5) is 24.7. The molecule has 1 N–H and O–H groups in total. The van der Waals surface area contributed by atoms with E-state index in [1.165, 1.54) is 27.5 Å². The topological polar surface area (TPSA) is 95.5 Å². The molecule has 3 aromatic carbocycles. The van der Waals surface area contributed by atoms with Crippen molar-refractivity contribution < 1.29 is 28.5 Å². The second-order valence-electron chi connectivity index (χ2n) is 6.93. The SMILES string of the molecule is COc1ccc(C(=O)N/N=C/c2ccc(OC(=O)c3ccc(C)cc3)c(OC)c2)cc1OC. The van der Waals surface area contributed by atoms with Crippen LogP contribution in [0.1, 0.15) is 31.8 Å². The third kappa shape index (κ3) is 5.88. The second-order valence-corrected chi connectivity index (χ2v) is 6.93. The first-order chi connectivity index (χ1) is 15.9. The summed E-state index contributed by atoms with van der Waals surface area (Å²) in [6.07, 6.45) is 1.45. The van der Waals surface area contributed by atoms with Crippen LogP contribution in [0.5, 0.6) is 23.0 Å². The predicted octanol–water partition coefficient (Wildman–Crippen LogP) is 4.00. The van der Waals surface area contributed by atoms with Crippen molar-refractivity contribution in [1.82, 2.24) is 5.43 Å². The van der Waals surface area contributed by atoms with E-state index >= 15 is 0 Å². The van der Waals surface area contributed by atoms with Gasteiger partial charge in [0.15, 0.2) is 23.0 Å². The minimum Gasteiger partial charge on any atom is -0.493 e. The average Bonchev–Trinajstić information content (AvgIpc) is 2.84. The number of nitrogens with zero attached hydrogens (tertiary/aromatic N) is 1. The van der Waals surface area contributed by atoms with Crippen LogP contribution in [-0.2, 0) is 0 Å². The van der Waals surface area contributed by atoms with Crippen molar-refractivity contribution in [3.05, 3.63) is 82.9 Å². The largest absolute Gasteiger partial charge is 0.493 e. The van der Waals surface area contributed by atoms with Crippen LogP contribution in [0.25, 0.3) is 0 Å². The number of esters is 1. The van der Waals surface area contributed by atoms with Gasteiger partial charge in [-0.25, -0.2) is 10.2 Å². The minimum atomic E-state index is -0.489. The van der Waals surface area contributed by atoms with Crippen molar-refractivity contribution in [2.24, 2.45) is 5.10 Å². The van der Waals surface area contributed by atoms with Gasteiger partial charge in [-0.1, -0.05) is 17.7 Å². The zero-order valence-electron chi connectivity index (χ0n) is 18.7. The van der Waals surface area contributed by atoms with Crippen LogP contribution in [0.2, 0.25) is 0 Å². The first kappa shape index (κ1) is 23.3. The van der Waals surface area contributed by atoms with Crippen LogP contribution >= 0.6 is 0 Å². The molecule has 0 spiro atoms. The first-order valence-corrected chi connectivity index (χ1v) is 9.97. The van der Waals surface area contributed by atoms with E-state index in [0.717, 1.165) is 5.56 Å². The summed E-state index contributed by atoms with van der Waals surface area (Å²) in [5.41, 5.74) is 4.93. The maximum absolute atomic E-state index is 12.4. The molecule has 1 amide bonds. The summed E-state index contributed by atoms with van der Waals surface area (Å²) < 4.78 is 21.2. The molecule has 0 fully saturated rings. The Morgan fingerprint density at radius 2 is 1.36 bits per heavy atom. The molecule has 0 aliphatic carbocycles. The molecular formula is C25H24N2O6. The van der Waals surface area contributed by atoms with Crippen molar-refractivity contribution in [3.8, 4) is 23.0 Å². The molecular weight excluding hydrogens is 424 g/mol. The molecule has 0 aliphatic heterocycles. The highest BCUT2D eigenvalue weighted by Crippen LogP contribution is 2.29. The lowest BCUT2D eigenvalue weighted by Crippen LogP contribution is -2.17. The van der Waals surface area contributed by atoms with Gasteiger partial charge in [-0.05, 0) is 61.0 Å². The van der Waals surface area contributed by atoms with Crippen LogP contribution in [0, 0.1) is 6.92 Å². The highest BCUT2D eigenvalue weighted by atomic mass is 16.6. The third-order valence-electron chi connectivity index (χ3n) is 4.70. The minimum absolute atomic E-state index is 0.273. The summed E-state index contributed by atoms with van der Waals surface area (Å²) in [6.45, 7) is 1.94. The lowest BCUT2D eigenvalue weighted by atomic mass is 10.1. The number of hydrazone groups is 1. The zero-order valence-corrected chi connectivity index (χ0v) is 18.7. The molecule has 0 saturated heterocycles. The lowest BCUT2D eigenvalue weighted by Gasteiger charge is -2.10. The Bertz CT molecular complexity index is 1170. The maximum atomic E-state index is 12.4. The molecule has 170 valence electrons. The van der Waals surface area contributed by atoms with Gasteiger partial charge in [-0.3, -0.25) is 4.79 Å². The van der Waals surface area contributed by atoms with E-state index in [0.29, 0.717) is 33.9 Å². The van der Waals surface area contributed by atoms with Crippen molar-refractivity contribution in [2.45, 2.75) is 6.92 Å². The third-order valence-corrected chi connectivity index (χ3v) is 4.70. The van der Waals surface area contributed by atoms with Crippen molar-refractivity contribution >= 4 is 18.1 Å². The Morgan fingerprint density at radius 1 is 0.758 bits per heavy atom. The fourth-order valence-corrected chi connectivity index (χ4v) is 2.90. The summed E-state index contributed by atoms with van der Waals surface area (Å²) >= 11 is 0. The molecule has 3 rings (SSSR count). The van der Waals surface area contributed by atoms with E-state index in [2.05, 4.69) is 10.5 Å². The number of carbonyl (C=O) groups is 2. The fourth-order valence-electron chi connectivity index (χ4n) is 2.90. The highest BCUT2D eigenvalue weighted by molar-refractivity contribution is 5.95. The summed E-state index contributed by atoms with van der Waals surface area (Å²) in [5, 5.41) is 3.98. The number of amides is 1. The van der Waals surface area contributed by atoms with Crippen molar-refractivity contribution in [2.75, 3.05) is 21.3 Å². The van der Waals surface area contributed by atoms with Crippen LogP contribution in [-0.4, -0.2) is 39.4 Å². The van der Waals surface area contributed by atoms with E-state index in [9.17, 15) is 9.59 Å². The molecule has 0 aromatic heterocycles. The number of nitrogens with one attached hydrogen (secondary N) is 1. The Morgan fingerprint density at radius 3 is 2.03 bits per heavy atom. The lowest BCUT2D eigenvalue weighted by molar-refractivity contribution is 0.0729. The number of benzene rings is 3. The number of ether oxygens (including phenoxy) is 4. The maximum Gasteiger partial charge on any atom is 0.343 e. The van der Waals surface area contributed by atoms with E-state index in [-0.39, 0.29) is 5.75 Å². The van der Waals surface area contributed by atoms with Gasteiger partial charge in [0.05, 0.1) is 33.1 Å². The molecule has 0 unspecified atom stereocenters. The number of hydrogen-bond acceptors (Lipinski definition) is 7. The van der Waals surface area contributed by atoms with Gasteiger partial charge in [-0.15, -0.1) is 0 Å². The molecule has 8 nitrogen and oxygen atoms in total. The monoisotopic (exact) mass is 448 g/mol. The summed E-state index contributed by atoms with van der Waals surface area (Å²) in [5.74, 6) is 0.683. The van der Waals surface area contributed by atoms with E-state index in [4.69, 9.17) is 18.9 Å². The molecule has 0 saturated carbocycles. The van der Waals surface area contributed by atoms with Crippen LogP contribution in [0.4, 0.5) is 0 Å². The van der Waals surface area contributed by atoms with Crippen LogP contribution < -0.4 is 24.4 Å². The van der Waals surface area contributed by atoms with Gasteiger partial charge in [0.2, 0.25) is 0 Å². The van der Waals surface area contributed by atoms with Gasteiger partial charge < -0.3 is 18.9 Å². The molecule has 8 heteroatoms. The highest BCUT2D eigenvalue weighted by Gasteiger charge is 2.13. The van der Waals surface area contributed by atoms with Crippen molar-refractivity contribution in [3.63, 3.8) is 0 Å². The molecule has 0 heterocycles. The molecule has 0 atom stereocenters. The second kappa shape index (κ2) is 10.8. The smallest absolute Gasteiger partial charge is 0.343 e. The fraction of sp³-hybridized carbons (Fsp3) is 0.160. The van der Waals surface area contributed by atoms with E-state index in [1.807, 2.05) is 19.1 Å². The quantitative estimate of drug-likeness (QED) is 0.242. The molecule has 0 bridgehead atoms. The first-order valence-electron chi connectivity index (χ1n) is 9.97. The van der Waals surface area contributed by atoms with E-state index in [1.54, 1.807) is 48.5 Å². The molecule has 33 heavy (non-hydrogen) atoms. The average molecular weight is 448 g/mol. The van der Waals surface area contributed by atoms with Crippen molar-refractivity contribution in [1.29, 1.82) is 0 Å². The standard InChI is InChI=1S/C25H24N2O6/c1-16-5-8-18(9-6-16)25(29)33-21-11-7-17(13-22(21)31-3)15-26-27-24(28)19-10-12-20(30-2)23(14-19)32-4/h5-15H,1-4H3,(H,27,28)/b26-15+. The van der Waals surface area contributed by atoms with E-state index < -0.39 is 11.9 Å². The van der Waals surface area contributed by atoms with Gasteiger partial charge in [0, 0.05) is 5.56 Å². The van der Waals surface area contributed by atoms with Gasteiger partial charge >= 0.3 is 5.97 Å². The number of rotatable bonds is 8. The zero-order chi connectivity index (χ0) is 23.8. The number of methoxy groups -OCH3 is 3. The Balaban J connectivity index is 1.67. The van der Waals surface area contributed by atoms with Gasteiger partial charge in [-0.2, -0.15) is 5.10 Å². The number of aryl methyl sites for hydroxylation is 1. The Labute approximate surface area is 191 Å². The normalized spacial score (nSPS) is 10.5. The molecule has 0 radical (unpaired) electrons. The summed E-state index contributed by atoms with van der Waals surface area (Å²) in [7, 11) is 4.48. The molecule has 3 aromatic rings. The van der Waals surface area contributed by atoms with Gasteiger partial charge in [0.25, 0.3) is 5.91 Å². The van der Waals surface area contributed by atoms with Crippen LogP contribution in [0.15, 0.2) is 65.8 Å². The van der Waals surface area contributed by atoms with Crippen LogP contribution in [0.3, 0.4) is 0 Å². The number of carbonyl (C=O) groups excluding carboxylic acids is 2. The van der Waals surface area contributed by atoms with Gasteiger partial charge in [0.1, 0.15) is 0 Å². The summed E-state index contributed by atoms with van der Waals surface area (Å²) in [6, 6.07) is 16.8.